The Morgan fingerprint density at radius 1 is 1.24 bits per heavy atom. The highest BCUT2D eigenvalue weighted by Crippen LogP contribution is 2.33. The van der Waals surface area contributed by atoms with Crippen LogP contribution < -0.4 is 14.8 Å². The zero-order chi connectivity index (χ0) is 17.6. The molecule has 1 atom stereocenters. The molecular formula is C20H24N2O3. The van der Waals surface area contributed by atoms with Gasteiger partial charge in [-0.2, -0.15) is 0 Å². The van der Waals surface area contributed by atoms with Gasteiger partial charge in [0.25, 0.3) is 5.91 Å². The zero-order valence-corrected chi connectivity index (χ0v) is 14.7. The van der Waals surface area contributed by atoms with Gasteiger partial charge in [0.05, 0.1) is 24.8 Å². The average molecular weight is 340 g/mol. The molecule has 0 radical (unpaired) electrons. The quantitative estimate of drug-likeness (QED) is 0.866. The third-order valence-electron chi connectivity index (χ3n) is 4.55. The van der Waals surface area contributed by atoms with Crippen molar-refractivity contribution in [1.29, 1.82) is 0 Å². The highest BCUT2D eigenvalue weighted by atomic mass is 16.5. The Balaban J connectivity index is 1.69. The molecule has 1 aliphatic rings. The monoisotopic (exact) mass is 340 g/mol. The number of hydrogen-bond donors (Lipinski definition) is 1. The summed E-state index contributed by atoms with van der Waals surface area (Å²) < 4.78 is 11.6. The molecule has 1 heterocycles. The third-order valence-corrected chi connectivity index (χ3v) is 4.55. The smallest absolute Gasteiger partial charge is 0.253 e. The molecule has 3 rings (SSSR count). The molecule has 1 aliphatic carbocycles. The summed E-state index contributed by atoms with van der Waals surface area (Å²) in [6.45, 7) is 1.94. The number of rotatable bonds is 6. The summed E-state index contributed by atoms with van der Waals surface area (Å²) in [7, 11) is 1.64. The second-order valence-electron chi connectivity index (χ2n) is 6.37. The number of benzene rings is 1. The van der Waals surface area contributed by atoms with Gasteiger partial charge < -0.3 is 14.8 Å². The largest absolute Gasteiger partial charge is 0.493 e. The number of aromatic nitrogens is 1. The summed E-state index contributed by atoms with van der Waals surface area (Å²) in [5.41, 5.74) is 1.51. The standard InChI is InChI=1S/C20H24N2O3/c1-14(22-20(23)16-6-5-11-21-13-16)15-9-10-18(19(12-15)24-2)25-17-7-3-4-8-17/h5-6,9-14,17H,3-4,7-8H2,1-2H3,(H,22,23)/t14-/m0/s1. The van der Waals surface area contributed by atoms with Crippen LogP contribution in [0.3, 0.4) is 0 Å². The molecule has 1 aromatic heterocycles. The average Bonchev–Trinajstić information content (AvgIpc) is 3.15. The minimum atomic E-state index is -0.151. The predicted octanol–water partition coefficient (Wildman–Crippen LogP) is 3.90. The fraction of sp³-hybridized carbons (Fsp3) is 0.400. The van der Waals surface area contributed by atoms with Crippen LogP contribution in [0.2, 0.25) is 0 Å². The fourth-order valence-electron chi connectivity index (χ4n) is 3.10. The highest BCUT2D eigenvalue weighted by molar-refractivity contribution is 5.94. The normalized spacial score (nSPS) is 15.6. The van der Waals surface area contributed by atoms with E-state index in [1.807, 2.05) is 25.1 Å². The van der Waals surface area contributed by atoms with Crippen LogP contribution in [0.4, 0.5) is 0 Å². The van der Waals surface area contributed by atoms with Crippen molar-refractivity contribution in [3.63, 3.8) is 0 Å². The Morgan fingerprint density at radius 3 is 2.72 bits per heavy atom. The maximum absolute atomic E-state index is 12.3. The van der Waals surface area contributed by atoms with E-state index in [0.717, 1.165) is 24.2 Å². The molecule has 1 amide bonds. The first-order valence-corrected chi connectivity index (χ1v) is 8.73. The van der Waals surface area contributed by atoms with Crippen LogP contribution in [-0.4, -0.2) is 24.1 Å². The molecule has 1 saturated carbocycles. The highest BCUT2D eigenvalue weighted by Gasteiger charge is 2.19. The second kappa shape index (κ2) is 8.01. The van der Waals surface area contributed by atoms with Gasteiger partial charge in [-0.1, -0.05) is 6.07 Å². The summed E-state index contributed by atoms with van der Waals surface area (Å²) >= 11 is 0. The maximum Gasteiger partial charge on any atom is 0.253 e. The van der Waals surface area contributed by atoms with E-state index in [9.17, 15) is 4.79 Å². The van der Waals surface area contributed by atoms with Gasteiger partial charge >= 0.3 is 0 Å². The van der Waals surface area contributed by atoms with Gasteiger partial charge in [0.15, 0.2) is 11.5 Å². The minimum absolute atomic E-state index is 0.147. The van der Waals surface area contributed by atoms with Crippen molar-refractivity contribution >= 4 is 5.91 Å². The van der Waals surface area contributed by atoms with Crippen LogP contribution >= 0.6 is 0 Å². The number of pyridine rings is 1. The van der Waals surface area contributed by atoms with E-state index < -0.39 is 0 Å². The van der Waals surface area contributed by atoms with Gasteiger partial charge in [0, 0.05) is 12.4 Å². The van der Waals surface area contributed by atoms with Crippen LogP contribution in [-0.2, 0) is 0 Å². The molecule has 0 bridgehead atoms. The van der Waals surface area contributed by atoms with Gasteiger partial charge in [-0.05, 0) is 62.4 Å². The van der Waals surface area contributed by atoms with Crippen LogP contribution in [0.1, 0.15) is 54.6 Å². The lowest BCUT2D eigenvalue weighted by molar-refractivity contribution is 0.0939. The van der Waals surface area contributed by atoms with E-state index in [2.05, 4.69) is 10.3 Å². The lowest BCUT2D eigenvalue weighted by Crippen LogP contribution is -2.26. The summed E-state index contributed by atoms with van der Waals surface area (Å²) in [5.74, 6) is 1.32. The number of ether oxygens (including phenoxy) is 2. The topological polar surface area (TPSA) is 60.5 Å². The van der Waals surface area contributed by atoms with E-state index >= 15 is 0 Å². The van der Waals surface area contributed by atoms with E-state index in [1.54, 1.807) is 31.6 Å². The van der Waals surface area contributed by atoms with Gasteiger partial charge in [0.1, 0.15) is 0 Å². The Morgan fingerprint density at radius 2 is 2.04 bits per heavy atom. The minimum Gasteiger partial charge on any atom is -0.493 e. The van der Waals surface area contributed by atoms with E-state index in [4.69, 9.17) is 9.47 Å². The van der Waals surface area contributed by atoms with Crippen molar-refractivity contribution < 1.29 is 14.3 Å². The molecule has 0 unspecified atom stereocenters. The van der Waals surface area contributed by atoms with Gasteiger partial charge in [-0.3, -0.25) is 9.78 Å². The number of amides is 1. The fourth-order valence-corrected chi connectivity index (χ4v) is 3.10. The molecule has 1 N–H and O–H groups in total. The zero-order valence-electron chi connectivity index (χ0n) is 14.7. The van der Waals surface area contributed by atoms with Gasteiger partial charge in [-0.15, -0.1) is 0 Å². The van der Waals surface area contributed by atoms with Crippen LogP contribution in [0.25, 0.3) is 0 Å². The number of hydrogen-bond acceptors (Lipinski definition) is 4. The summed E-state index contributed by atoms with van der Waals surface area (Å²) in [6.07, 6.45) is 8.13. The summed E-state index contributed by atoms with van der Waals surface area (Å²) in [5, 5.41) is 2.98. The molecule has 0 spiro atoms. The molecule has 1 aromatic carbocycles. The van der Waals surface area contributed by atoms with Crippen LogP contribution in [0.15, 0.2) is 42.7 Å². The van der Waals surface area contributed by atoms with Crippen LogP contribution in [0.5, 0.6) is 11.5 Å². The molecule has 0 saturated heterocycles. The molecule has 132 valence electrons. The molecule has 2 aromatic rings. The van der Waals surface area contributed by atoms with Crippen molar-refractivity contribution in [1.82, 2.24) is 10.3 Å². The van der Waals surface area contributed by atoms with Gasteiger partial charge in [-0.25, -0.2) is 0 Å². The van der Waals surface area contributed by atoms with Crippen molar-refractivity contribution in [2.75, 3.05) is 7.11 Å². The molecule has 1 fully saturated rings. The molecule has 0 aliphatic heterocycles. The molecule has 5 heteroatoms. The number of methoxy groups -OCH3 is 1. The predicted molar refractivity (Wildman–Crippen MR) is 96.0 cm³/mol. The van der Waals surface area contributed by atoms with E-state index in [1.165, 1.54) is 12.8 Å². The van der Waals surface area contributed by atoms with Gasteiger partial charge in [0.2, 0.25) is 0 Å². The van der Waals surface area contributed by atoms with Crippen molar-refractivity contribution in [3.8, 4) is 11.5 Å². The lowest BCUT2D eigenvalue weighted by atomic mass is 10.1. The molecule has 25 heavy (non-hydrogen) atoms. The van der Waals surface area contributed by atoms with Crippen LogP contribution in [0, 0.1) is 0 Å². The number of nitrogens with zero attached hydrogens (tertiary/aromatic N) is 1. The first-order valence-electron chi connectivity index (χ1n) is 8.73. The first kappa shape index (κ1) is 17.3. The van der Waals surface area contributed by atoms with E-state index in [-0.39, 0.29) is 18.1 Å². The SMILES string of the molecule is COc1cc([C@H](C)NC(=O)c2cccnc2)ccc1OC1CCCC1. The van der Waals surface area contributed by atoms with E-state index in [0.29, 0.717) is 11.3 Å². The first-order chi connectivity index (χ1) is 12.2. The summed E-state index contributed by atoms with van der Waals surface area (Å²) in [4.78, 5) is 16.2. The Hall–Kier alpha value is -2.56. The molecular weight excluding hydrogens is 316 g/mol. The Bertz CT molecular complexity index is 712. The maximum atomic E-state index is 12.3. The van der Waals surface area contributed by atoms with Crippen molar-refractivity contribution in [2.24, 2.45) is 0 Å². The Labute approximate surface area is 148 Å². The molecule has 5 nitrogen and oxygen atoms in total. The van der Waals surface area contributed by atoms with Crippen molar-refractivity contribution in [3.05, 3.63) is 53.9 Å². The number of nitrogens with one attached hydrogen (secondary N) is 1. The number of carbonyl (C=O) groups is 1. The third kappa shape index (κ3) is 4.29. The van der Waals surface area contributed by atoms with Crippen molar-refractivity contribution in [2.45, 2.75) is 44.8 Å². The Kier molecular flexibility index (Phi) is 5.53. The lowest BCUT2D eigenvalue weighted by Gasteiger charge is -2.19. The summed E-state index contributed by atoms with van der Waals surface area (Å²) in [6, 6.07) is 9.17. The second-order valence-corrected chi connectivity index (χ2v) is 6.37. The number of carbonyl (C=O) groups excluding carboxylic acids is 1.